The molecule has 0 aliphatic heterocycles. The van der Waals surface area contributed by atoms with Crippen LogP contribution in [0.25, 0.3) is 11.1 Å². The van der Waals surface area contributed by atoms with Crippen molar-refractivity contribution in [2.45, 2.75) is 195 Å². The van der Waals surface area contributed by atoms with E-state index in [1.165, 1.54) is 0 Å². The molecular formula is C64H96N4O19. The van der Waals surface area contributed by atoms with Gasteiger partial charge in [0.1, 0.15) is 35.1 Å². The molecule has 87 heavy (non-hydrogen) atoms. The van der Waals surface area contributed by atoms with Gasteiger partial charge in [0.2, 0.25) is 17.7 Å². The van der Waals surface area contributed by atoms with Gasteiger partial charge in [-0.1, -0.05) is 62.4 Å². The quantitative estimate of drug-likeness (QED) is 0.0302. The van der Waals surface area contributed by atoms with E-state index in [4.69, 9.17) is 42.6 Å². The van der Waals surface area contributed by atoms with Crippen molar-refractivity contribution in [3.05, 3.63) is 59.7 Å². The Morgan fingerprint density at radius 3 is 1.38 bits per heavy atom. The van der Waals surface area contributed by atoms with Crippen molar-refractivity contribution >= 4 is 59.3 Å². The summed E-state index contributed by atoms with van der Waals surface area (Å²) in [5.41, 5.74) is 0.464. The van der Waals surface area contributed by atoms with Gasteiger partial charge in [-0.2, -0.15) is 0 Å². The molecule has 0 fully saturated rings. The van der Waals surface area contributed by atoms with E-state index < -0.39 is 125 Å². The topological polar surface area (TPSA) is 302 Å². The third kappa shape index (κ3) is 30.6. The number of carbonyl (C=O) groups excluding carboxylic acids is 10. The number of ketones is 2. The van der Waals surface area contributed by atoms with E-state index in [2.05, 4.69) is 21.3 Å². The molecule has 0 bridgehead atoms. The summed E-state index contributed by atoms with van der Waals surface area (Å²) in [4.78, 5) is 135. The Kier molecular flexibility index (Phi) is 30.7. The SMILES string of the molecule is CC(C)[C@H](CC(=O)[C@H](CCC(=O)OC(C)(C)C)NC(=O)[C@H](CC(=O)OC(C)(C)C)NC(=O)OCC1c2ccccc2-c2ccccc21)C(=O)N[C@@H](CC(=O)OC(C)(C)C)C(=O)CCC(=O)NCCOCCOCCOCCOCCC(=O)OC(C)(C)C. The molecule has 0 radical (unpaired) electrons. The highest BCUT2D eigenvalue weighted by Crippen LogP contribution is 2.44. The molecule has 3 rings (SSSR count). The second-order valence-electron chi connectivity index (χ2n) is 25.5. The van der Waals surface area contributed by atoms with Gasteiger partial charge >= 0.3 is 30.0 Å². The van der Waals surface area contributed by atoms with E-state index in [0.29, 0.717) is 26.4 Å². The van der Waals surface area contributed by atoms with Gasteiger partial charge in [-0.15, -0.1) is 0 Å². The smallest absolute Gasteiger partial charge is 0.407 e. The van der Waals surface area contributed by atoms with Crippen LogP contribution >= 0.6 is 0 Å². The highest BCUT2D eigenvalue weighted by molar-refractivity contribution is 5.98. The average molecular weight is 1230 g/mol. The van der Waals surface area contributed by atoms with Crippen LogP contribution in [-0.4, -0.2) is 166 Å². The molecule has 0 saturated heterocycles. The van der Waals surface area contributed by atoms with Crippen molar-refractivity contribution in [2.75, 3.05) is 66.0 Å². The Balaban J connectivity index is 1.66. The van der Waals surface area contributed by atoms with Crippen LogP contribution in [0, 0.1) is 11.8 Å². The van der Waals surface area contributed by atoms with Gasteiger partial charge in [-0.3, -0.25) is 43.2 Å². The molecule has 4 N–H and O–H groups in total. The fourth-order valence-electron chi connectivity index (χ4n) is 8.92. The van der Waals surface area contributed by atoms with Crippen molar-refractivity contribution in [1.82, 2.24) is 21.3 Å². The van der Waals surface area contributed by atoms with Gasteiger partial charge in [-0.25, -0.2) is 4.79 Å². The van der Waals surface area contributed by atoms with E-state index in [1.807, 2.05) is 48.5 Å². The van der Waals surface area contributed by atoms with E-state index in [1.54, 1.807) is 96.9 Å². The fourth-order valence-corrected chi connectivity index (χ4v) is 8.92. The molecule has 1 aliphatic carbocycles. The molecule has 0 aromatic heterocycles. The van der Waals surface area contributed by atoms with Crippen molar-refractivity contribution < 1.29 is 90.6 Å². The van der Waals surface area contributed by atoms with Crippen LogP contribution in [0.5, 0.6) is 0 Å². The molecule has 0 spiro atoms. The zero-order valence-electron chi connectivity index (χ0n) is 53.6. The Bertz CT molecular complexity index is 2560. The molecule has 0 saturated carbocycles. The highest BCUT2D eigenvalue weighted by atomic mass is 16.6. The van der Waals surface area contributed by atoms with Gasteiger partial charge in [0, 0.05) is 44.1 Å². The summed E-state index contributed by atoms with van der Waals surface area (Å²) >= 11 is 0. The summed E-state index contributed by atoms with van der Waals surface area (Å²) < 4.78 is 49.3. The maximum absolute atomic E-state index is 14.5. The lowest BCUT2D eigenvalue weighted by Crippen LogP contribution is -2.53. The van der Waals surface area contributed by atoms with Gasteiger partial charge in [0.05, 0.1) is 84.2 Å². The van der Waals surface area contributed by atoms with Crippen LogP contribution in [0.4, 0.5) is 4.79 Å². The number of hydrogen-bond acceptors (Lipinski definition) is 19. The van der Waals surface area contributed by atoms with Crippen molar-refractivity contribution in [1.29, 1.82) is 0 Å². The monoisotopic (exact) mass is 1220 g/mol. The summed E-state index contributed by atoms with van der Waals surface area (Å²) in [5, 5.41) is 10.4. The van der Waals surface area contributed by atoms with Gasteiger partial charge in [0.25, 0.3) is 0 Å². The van der Waals surface area contributed by atoms with Crippen LogP contribution in [0.1, 0.15) is 165 Å². The largest absolute Gasteiger partial charge is 0.460 e. The first-order valence-corrected chi connectivity index (χ1v) is 29.8. The Labute approximate surface area is 512 Å². The number of ether oxygens (including phenoxy) is 9. The van der Waals surface area contributed by atoms with Crippen molar-refractivity contribution in [2.24, 2.45) is 11.8 Å². The Morgan fingerprint density at radius 1 is 0.448 bits per heavy atom. The Morgan fingerprint density at radius 2 is 0.885 bits per heavy atom. The molecule has 23 heteroatoms. The Hall–Kier alpha value is -6.82. The first-order chi connectivity index (χ1) is 40.6. The van der Waals surface area contributed by atoms with E-state index in [0.717, 1.165) is 22.3 Å². The second kappa shape index (κ2) is 35.9. The number of nitrogens with one attached hydrogen (secondary N) is 4. The average Bonchev–Trinajstić information content (AvgIpc) is 1.75. The normalized spacial score (nSPS) is 13.8. The maximum atomic E-state index is 14.5. The summed E-state index contributed by atoms with van der Waals surface area (Å²) in [7, 11) is 0. The first-order valence-electron chi connectivity index (χ1n) is 29.8. The number of hydrogen-bond donors (Lipinski definition) is 4. The van der Waals surface area contributed by atoms with Crippen molar-refractivity contribution in [3.63, 3.8) is 0 Å². The molecule has 0 heterocycles. The zero-order chi connectivity index (χ0) is 65.1. The summed E-state index contributed by atoms with van der Waals surface area (Å²) in [6.45, 7) is 25.6. The number of amides is 4. The minimum atomic E-state index is -1.65. The molecule has 4 atom stereocenters. The van der Waals surface area contributed by atoms with Crippen LogP contribution in [0.3, 0.4) is 0 Å². The first kappa shape index (κ1) is 74.4. The van der Waals surface area contributed by atoms with Crippen LogP contribution in [-0.2, 0) is 85.8 Å². The van der Waals surface area contributed by atoms with Crippen LogP contribution in [0.15, 0.2) is 48.5 Å². The summed E-state index contributed by atoms with van der Waals surface area (Å²) in [6.07, 6.45) is -4.10. The molecule has 2 aromatic rings. The predicted octanol–water partition coefficient (Wildman–Crippen LogP) is 6.94. The lowest BCUT2D eigenvalue weighted by atomic mass is 9.86. The second-order valence-corrected chi connectivity index (χ2v) is 25.5. The van der Waals surface area contributed by atoms with Crippen molar-refractivity contribution in [3.8, 4) is 11.1 Å². The molecule has 23 nitrogen and oxygen atoms in total. The molecular weight excluding hydrogens is 1130 g/mol. The van der Waals surface area contributed by atoms with Gasteiger partial charge in [0.15, 0.2) is 11.6 Å². The zero-order valence-corrected chi connectivity index (χ0v) is 53.6. The lowest BCUT2D eigenvalue weighted by molar-refractivity contribution is -0.157. The standard InChI is InChI=1S/C64H96N4O19/c1-41(2)46(58(76)67-49(38-56(74)86-63(9,10)11)51(69)24-25-53(71)65-28-30-80-32-34-82-36-35-81-33-31-79-29-27-55(73)85-62(6,7)8)37-52(70)48(23-26-54(72)84-61(3,4)5)66-59(77)50(39-57(75)87-64(12,13)14)68-60(78)83-40-47-44-21-17-15-19-42(44)43-20-16-18-22-45(43)47/h15-22,41,46-50H,23-40H2,1-14H3,(H,65,71)(H,66,77)(H,67,76)(H,68,78)/t46-,48-,49-,50-/m0/s1. The van der Waals surface area contributed by atoms with E-state index in [9.17, 15) is 47.9 Å². The van der Waals surface area contributed by atoms with Crippen LogP contribution < -0.4 is 21.3 Å². The predicted molar refractivity (Wildman–Crippen MR) is 321 cm³/mol. The van der Waals surface area contributed by atoms with E-state index >= 15 is 0 Å². The number of fused-ring (bicyclic) bond motifs is 3. The fraction of sp³-hybridized carbons (Fsp3) is 0.656. The lowest BCUT2D eigenvalue weighted by Gasteiger charge is -2.27. The van der Waals surface area contributed by atoms with E-state index in [-0.39, 0.29) is 83.6 Å². The third-order valence-corrected chi connectivity index (χ3v) is 12.7. The summed E-state index contributed by atoms with van der Waals surface area (Å²) in [6, 6.07) is 10.8. The number of alkyl carbamates (subject to hydrolysis) is 1. The number of benzene rings is 2. The number of esters is 4. The highest BCUT2D eigenvalue weighted by Gasteiger charge is 2.37. The minimum absolute atomic E-state index is 0.116. The molecule has 2 aromatic carbocycles. The minimum Gasteiger partial charge on any atom is -0.460 e. The summed E-state index contributed by atoms with van der Waals surface area (Å²) in [5.74, 6) is -8.48. The number of Topliss-reactive ketones (excluding diaryl/α,β-unsaturated/α-hetero) is 2. The maximum Gasteiger partial charge on any atom is 0.407 e. The number of rotatable bonds is 37. The van der Waals surface area contributed by atoms with Gasteiger partial charge in [-0.05, 0) is 118 Å². The number of carbonyl (C=O) groups is 10. The molecule has 0 unspecified atom stereocenters. The molecule has 1 aliphatic rings. The third-order valence-electron chi connectivity index (χ3n) is 12.7. The molecule has 4 amide bonds. The van der Waals surface area contributed by atoms with Crippen LogP contribution in [0.2, 0.25) is 0 Å². The van der Waals surface area contributed by atoms with Gasteiger partial charge < -0.3 is 63.9 Å². The molecule has 486 valence electrons.